The number of hydrogen-bond donors (Lipinski definition) is 2. The zero-order valence-electron chi connectivity index (χ0n) is 16.8. The predicted molar refractivity (Wildman–Crippen MR) is 114 cm³/mol. The smallest absolute Gasteiger partial charge is 0.291 e. The molecule has 0 saturated heterocycles. The molecule has 1 unspecified atom stereocenters. The Bertz CT molecular complexity index is 1260. The molecule has 0 fully saturated rings. The molecule has 1 aliphatic heterocycles. The number of nitrogens with one attached hydrogen (secondary N) is 2. The first kappa shape index (κ1) is 18.9. The van der Waals surface area contributed by atoms with E-state index in [1.165, 1.54) is 11.2 Å². The molecule has 1 aliphatic rings. The standard InChI is InChI=1S/C22H20N6O3/c1-27-18-9-15-7-8-23-16(15)10-19(18)31-12-17(22(27)30)25-21(29)20-24-13-28(26-20)11-14-5-3-2-4-6-14/h2-10,13,17,23H,11-12H2,1H3,(H,25,29). The van der Waals surface area contributed by atoms with Gasteiger partial charge in [-0.15, -0.1) is 5.10 Å². The zero-order chi connectivity index (χ0) is 21.4. The average Bonchev–Trinajstić information content (AvgIpc) is 3.42. The van der Waals surface area contributed by atoms with Crippen LogP contribution >= 0.6 is 0 Å². The maximum atomic E-state index is 13.0. The molecule has 156 valence electrons. The first-order valence-corrected chi connectivity index (χ1v) is 9.84. The molecule has 0 spiro atoms. The number of amides is 2. The first-order valence-electron chi connectivity index (χ1n) is 9.84. The van der Waals surface area contributed by atoms with E-state index in [1.54, 1.807) is 11.7 Å². The van der Waals surface area contributed by atoms with Crippen LogP contribution in [-0.2, 0) is 11.3 Å². The first-order chi connectivity index (χ1) is 15.1. The third-order valence-corrected chi connectivity index (χ3v) is 5.26. The summed E-state index contributed by atoms with van der Waals surface area (Å²) in [5.41, 5.74) is 2.61. The maximum absolute atomic E-state index is 13.0. The summed E-state index contributed by atoms with van der Waals surface area (Å²) >= 11 is 0. The summed E-state index contributed by atoms with van der Waals surface area (Å²) in [4.78, 5) is 34.4. The van der Waals surface area contributed by atoms with Crippen molar-refractivity contribution >= 4 is 28.4 Å². The highest BCUT2D eigenvalue weighted by molar-refractivity contribution is 6.04. The van der Waals surface area contributed by atoms with Gasteiger partial charge in [0.1, 0.15) is 24.7 Å². The van der Waals surface area contributed by atoms with Crippen molar-refractivity contribution in [3.8, 4) is 5.75 Å². The van der Waals surface area contributed by atoms with E-state index in [2.05, 4.69) is 20.4 Å². The Morgan fingerprint density at radius 2 is 2.10 bits per heavy atom. The number of ether oxygens (including phenoxy) is 1. The molecule has 2 aromatic heterocycles. The molecule has 2 N–H and O–H groups in total. The van der Waals surface area contributed by atoms with Gasteiger partial charge < -0.3 is 19.9 Å². The van der Waals surface area contributed by atoms with Gasteiger partial charge >= 0.3 is 0 Å². The summed E-state index contributed by atoms with van der Waals surface area (Å²) < 4.78 is 7.44. The van der Waals surface area contributed by atoms with Gasteiger partial charge in [-0.2, -0.15) is 0 Å². The van der Waals surface area contributed by atoms with Crippen LogP contribution in [0.4, 0.5) is 5.69 Å². The van der Waals surface area contributed by atoms with Crippen LogP contribution in [0, 0.1) is 0 Å². The van der Waals surface area contributed by atoms with Crippen LogP contribution in [0.25, 0.3) is 10.9 Å². The number of carbonyl (C=O) groups is 2. The quantitative estimate of drug-likeness (QED) is 0.529. The van der Waals surface area contributed by atoms with Crippen molar-refractivity contribution in [1.29, 1.82) is 0 Å². The number of likely N-dealkylation sites (N-methyl/N-ethyl adjacent to an activating group) is 1. The lowest BCUT2D eigenvalue weighted by molar-refractivity contribution is -0.120. The molecule has 0 bridgehead atoms. The van der Waals surface area contributed by atoms with Crippen molar-refractivity contribution in [3.63, 3.8) is 0 Å². The van der Waals surface area contributed by atoms with Gasteiger partial charge in [0.2, 0.25) is 5.82 Å². The molecule has 2 amide bonds. The fourth-order valence-electron chi connectivity index (χ4n) is 3.61. The number of aromatic amines is 1. The van der Waals surface area contributed by atoms with Crippen molar-refractivity contribution < 1.29 is 14.3 Å². The van der Waals surface area contributed by atoms with Crippen molar-refractivity contribution in [2.75, 3.05) is 18.6 Å². The van der Waals surface area contributed by atoms with Gasteiger partial charge in [-0.25, -0.2) is 9.67 Å². The van der Waals surface area contributed by atoms with Gasteiger partial charge in [0.15, 0.2) is 0 Å². The van der Waals surface area contributed by atoms with Gasteiger partial charge in [-0.05, 0) is 17.7 Å². The van der Waals surface area contributed by atoms with Crippen molar-refractivity contribution in [2.24, 2.45) is 0 Å². The summed E-state index contributed by atoms with van der Waals surface area (Å²) in [5.74, 6) is -0.222. The Hall–Kier alpha value is -4.14. The van der Waals surface area contributed by atoms with Crippen LogP contribution in [0.3, 0.4) is 0 Å². The summed E-state index contributed by atoms with van der Waals surface area (Å²) in [6.07, 6.45) is 3.33. The fraction of sp³-hybridized carbons (Fsp3) is 0.182. The van der Waals surface area contributed by atoms with Gasteiger partial charge in [-0.1, -0.05) is 30.3 Å². The number of fused-ring (bicyclic) bond motifs is 2. The van der Waals surface area contributed by atoms with Gasteiger partial charge in [0, 0.05) is 30.2 Å². The third kappa shape index (κ3) is 3.61. The zero-order valence-corrected chi connectivity index (χ0v) is 16.8. The summed E-state index contributed by atoms with van der Waals surface area (Å²) in [6.45, 7) is 0.511. The van der Waals surface area contributed by atoms with Crippen LogP contribution in [0.5, 0.6) is 5.75 Å². The molecule has 4 aromatic rings. The second-order valence-corrected chi connectivity index (χ2v) is 7.37. The molecular formula is C22H20N6O3. The van der Waals surface area contributed by atoms with Gasteiger partial charge in [-0.3, -0.25) is 9.59 Å². The number of aromatic nitrogens is 4. The predicted octanol–water partition coefficient (Wildman–Crippen LogP) is 1.96. The molecule has 2 aromatic carbocycles. The Kier molecular flexibility index (Phi) is 4.62. The number of hydrogen-bond acceptors (Lipinski definition) is 5. The van der Waals surface area contributed by atoms with Crippen molar-refractivity contribution in [3.05, 3.63) is 72.4 Å². The molecule has 0 aliphatic carbocycles. The van der Waals surface area contributed by atoms with E-state index in [1.807, 2.05) is 54.7 Å². The summed E-state index contributed by atoms with van der Waals surface area (Å²) in [5, 5.41) is 7.90. The largest absolute Gasteiger partial charge is 0.489 e. The molecule has 31 heavy (non-hydrogen) atoms. The lowest BCUT2D eigenvalue weighted by Crippen LogP contribution is -2.49. The Morgan fingerprint density at radius 3 is 2.94 bits per heavy atom. The second kappa shape index (κ2) is 7.60. The summed E-state index contributed by atoms with van der Waals surface area (Å²) in [7, 11) is 1.67. The highest BCUT2D eigenvalue weighted by Gasteiger charge is 2.31. The van der Waals surface area contributed by atoms with Gasteiger partial charge in [0.05, 0.1) is 12.2 Å². The normalized spacial score (nSPS) is 16.0. The molecular weight excluding hydrogens is 396 g/mol. The van der Waals surface area contributed by atoms with Crippen LogP contribution in [-0.4, -0.2) is 51.3 Å². The minimum atomic E-state index is -0.857. The highest BCUT2D eigenvalue weighted by atomic mass is 16.5. The SMILES string of the molecule is CN1C(=O)C(NC(=O)c2ncn(Cc3ccccc3)n2)COc2cc3[nH]ccc3cc21. The monoisotopic (exact) mass is 416 g/mol. The van der Waals surface area contributed by atoms with E-state index in [0.29, 0.717) is 18.0 Å². The molecule has 0 radical (unpaired) electrons. The molecule has 9 heteroatoms. The Morgan fingerprint density at radius 1 is 1.26 bits per heavy atom. The second-order valence-electron chi connectivity index (χ2n) is 7.37. The molecule has 5 rings (SSSR count). The number of nitrogens with zero attached hydrogens (tertiary/aromatic N) is 4. The van der Waals surface area contributed by atoms with Crippen molar-refractivity contribution in [1.82, 2.24) is 25.1 Å². The van der Waals surface area contributed by atoms with Crippen LogP contribution in [0.15, 0.2) is 61.1 Å². The minimum Gasteiger partial charge on any atom is -0.489 e. The van der Waals surface area contributed by atoms with E-state index in [-0.39, 0.29) is 18.3 Å². The molecule has 9 nitrogen and oxygen atoms in total. The maximum Gasteiger partial charge on any atom is 0.291 e. The average molecular weight is 416 g/mol. The number of rotatable bonds is 4. The van der Waals surface area contributed by atoms with Crippen LogP contribution < -0.4 is 15.0 Å². The van der Waals surface area contributed by atoms with Crippen LogP contribution in [0.1, 0.15) is 16.2 Å². The van der Waals surface area contributed by atoms with Crippen molar-refractivity contribution in [2.45, 2.75) is 12.6 Å². The summed E-state index contributed by atoms with van der Waals surface area (Å²) in [6, 6.07) is 14.6. The van der Waals surface area contributed by atoms with E-state index in [0.717, 1.165) is 16.5 Å². The van der Waals surface area contributed by atoms with E-state index in [4.69, 9.17) is 4.74 Å². The fourth-order valence-corrected chi connectivity index (χ4v) is 3.61. The Labute approximate surface area is 177 Å². The lowest BCUT2D eigenvalue weighted by Gasteiger charge is -2.20. The lowest BCUT2D eigenvalue weighted by atomic mass is 10.2. The highest BCUT2D eigenvalue weighted by Crippen LogP contribution is 2.34. The Balaban J connectivity index is 1.31. The van der Waals surface area contributed by atoms with Gasteiger partial charge in [0.25, 0.3) is 11.8 Å². The van der Waals surface area contributed by atoms with E-state index in [9.17, 15) is 9.59 Å². The topological polar surface area (TPSA) is 105 Å². The molecule has 3 heterocycles. The van der Waals surface area contributed by atoms with E-state index >= 15 is 0 Å². The number of benzene rings is 2. The number of H-pyrrole nitrogens is 1. The van der Waals surface area contributed by atoms with Crippen LogP contribution in [0.2, 0.25) is 0 Å². The third-order valence-electron chi connectivity index (χ3n) is 5.26. The minimum absolute atomic E-state index is 0.00135. The van der Waals surface area contributed by atoms with E-state index < -0.39 is 11.9 Å². The number of carbonyl (C=O) groups excluding carboxylic acids is 2. The molecule has 0 saturated carbocycles. The molecule has 1 atom stereocenters. The number of anilines is 1.